The van der Waals surface area contributed by atoms with E-state index < -0.39 is 5.97 Å². The quantitative estimate of drug-likeness (QED) is 0.711. The molecule has 3 heterocycles. The Bertz CT molecular complexity index is 1060. The maximum absolute atomic E-state index is 12.8. The third-order valence-electron chi connectivity index (χ3n) is 5.64. The Hall–Kier alpha value is -3.29. The molecule has 29 heavy (non-hydrogen) atoms. The number of hydrogen-bond acceptors (Lipinski definition) is 5. The van der Waals surface area contributed by atoms with Crippen LogP contribution in [0.5, 0.6) is 5.75 Å². The molecule has 0 spiro atoms. The number of amides is 1. The number of fused-ring (bicyclic) bond motifs is 1. The van der Waals surface area contributed by atoms with Crippen molar-refractivity contribution in [2.75, 3.05) is 20.2 Å². The first-order valence-electron chi connectivity index (χ1n) is 9.57. The van der Waals surface area contributed by atoms with E-state index in [9.17, 15) is 14.7 Å². The molecule has 1 aliphatic rings. The Morgan fingerprint density at radius 2 is 2.07 bits per heavy atom. The number of furan rings is 1. The van der Waals surface area contributed by atoms with Crippen molar-refractivity contribution in [2.45, 2.75) is 32.2 Å². The number of rotatable bonds is 5. The van der Waals surface area contributed by atoms with Gasteiger partial charge in [0.25, 0.3) is 0 Å². The van der Waals surface area contributed by atoms with Crippen LogP contribution in [0.4, 0.5) is 0 Å². The minimum absolute atomic E-state index is 0.0605. The smallest absolute Gasteiger partial charge is 0.339 e. The number of methoxy groups -OCH3 is 1. The fourth-order valence-electron chi connectivity index (χ4n) is 3.96. The second-order valence-electron chi connectivity index (χ2n) is 7.31. The van der Waals surface area contributed by atoms with Crippen LogP contribution < -0.4 is 4.74 Å². The normalized spacial score (nSPS) is 15.0. The van der Waals surface area contributed by atoms with Crippen LogP contribution >= 0.6 is 0 Å². The maximum Gasteiger partial charge on any atom is 0.339 e. The number of nitrogens with zero attached hydrogens (tertiary/aromatic N) is 3. The number of hydrogen-bond donors (Lipinski definition) is 1. The first-order valence-corrected chi connectivity index (χ1v) is 9.57. The summed E-state index contributed by atoms with van der Waals surface area (Å²) in [7, 11) is 1.60. The number of carboxylic acid groups (broad SMARTS) is 1. The van der Waals surface area contributed by atoms with Gasteiger partial charge in [0.2, 0.25) is 5.91 Å². The van der Waals surface area contributed by atoms with Crippen LogP contribution in [0.25, 0.3) is 11.0 Å². The van der Waals surface area contributed by atoms with Gasteiger partial charge in [0.05, 0.1) is 37.7 Å². The molecule has 0 atom stereocenters. The number of carbonyl (C=O) groups is 2. The van der Waals surface area contributed by atoms with Crippen LogP contribution in [0.2, 0.25) is 0 Å². The highest BCUT2D eigenvalue weighted by atomic mass is 16.5. The van der Waals surface area contributed by atoms with Crippen LogP contribution in [0.3, 0.4) is 0 Å². The number of piperidine rings is 1. The molecule has 2 aromatic heterocycles. The van der Waals surface area contributed by atoms with Crippen LogP contribution in [-0.4, -0.2) is 51.9 Å². The molecule has 8 nitrogen and oxygen atoms in total. The lowest BCUT2D eigenvalue weighted by Crippen LogP contribution is -2.40. The highest BCUT2D eigenvalue weighted by Crippen LogP contribution is 2.28. The van der Waals surface area contributed by atoms with Gasteiger partial charge >= 0.3 is 5.97 Å². The fraction of sp³-hybridized carbons (Fsp3) is 0.381. The molecular formula is C21H23N3O5. The molecule has 1 aliphatic heterocycles. The van der Waals surface area contributed by atoms with Crippen molar-refractivity contribution in [3.05, 3.63) is 47.5 Å². The van der Waals surface area contributed by atoms with E-state index in [1.54, 1.807) is 25.0 Å². The van der Waals surface area contributed by atoms with Gasteiger partial charge < -0.3 is 19.2 Å². The van der Waals surface area contributed by atoms with E-state index in [0.717, 1.165) is 23.8 Å². The first-order chi connectivity index (χ1) is 14.0. The molecule has 0 unspecified atom stereocenters. The second kappa shape index (κ2) is 7.62. The summed E-state index contributed by atoms with van der Waals surface area (Å²) in [5.74, 6) is -0.191. The van der Waals surface area contributed by atoms with Gasteiger partial charge in [-0.3, -0.25) is 9.48 Å². The Morgan fingerprint density at radius 3 is 2.72 bits per heavy atom. The number of carboxylic acids is 1. The zero-order valence-electron chi connectivity index (χ0n) is 16.4. The summed E-state index contributed by atoms with van der Waals surface area (Å²) in [4.78, 5) is 25.9. The summed E-state index contributed by atoms with van der Waals surface area (Å²) in [6, 6.07) is 5.68. The van der Waals surface area contributed by atoms with Crippen LogP contribution in [0, 0.1) is 6.92 Å². The lowest BCUT2D eigenvalue weighted by Gasteiger charge is -2.32. The molecule has 0 saturated carbocycles. The summed E-state index contributed by atoms with van der Waals surface area (Å²) < 4.78 is 12.6. The summed E-state index contributed by atoms with van der Waals surface area (Å²) in [5.41, 5.74) is 2.45. The summed E-state index contributed by atoms with van der Waals surface area (Å²) in [5, 5.41) is 14.4. The van der Waals surface area contributed by atoms with Crippen molar-refractivity contribution >= 4 is 22.8 Å². The van der Waals surface area contributed by atoms with E-state index in [-0.39, 0.29) is 23.9 Å². The number of likely N-dealkylation sites (tertiary alicyclic amines) is 1. The van der Waals surface area contributed by atoms with E-state index in [1.807, 2.05) is 23.1 Å². The van der Waals surface area contributed by atoms with Crippen molar-refractivity contribution in [1.29, 1.82) is 0 Å². The molecule has 152 valence electrons. The third kappa shape index (κ3) is 3.57. The predicted octanol–water partition coefficient (Wildman–Crippen LogP) is 3.05. The van der Waals surface area contributed by atoms with Crippen molar-refractivity contribution in [3.8, 4) is 5.75 Å². The van der Waals surface area contributed by atoms with Crippen LogP contribution in [0.15, 0.2) is 35.1 Å². The number of carbonyl (C=O) groups excluding carboxylic acids is 1. The Morgan fingerprint density at radius 1 is 1.31 bits per heavy atom. The fourth-order valence-corrected chi connectivity index (χ4v) is 3.96. The van der Waals surface area contributed by atoms with Gasteiger partial charge in [-0.15, -0.1) is 0 Å². The van der Waals surface area contributed by atoms with Crippen LogP contribution in [0.1, 0.15) is 40.5 Å². The van der Waals surface area contributed by atoms with Crippen LogP contribution in [-0.2, 0) is 11.2 Å². The molecule has 3 aromatic rings. The van der Waals surface area contributed by atoms with Gasteiger partial charge in [0.15, 0.2) is 0 Å². The lowest BCUT2D eigenvalue weighted by atomic mass is 10.0. The summed E-state index contributed by atoms with van der Waals surface area (Å²) in [6.45, 7) is 3.01. The number of ether oxygens (including phenoxy) is 1. The standard InChI is InChI=1S/C21H23N3O5/c1-13-18(21(26)27)11-22-24(13)15-5-7-23(8-6-15)20(25)9-14-12-29-19-10-16(28-2)3-4-17(14)19/h3-4,10-12,15H,5-9H2,1-2H3,(H,26,27). The van der Waals surface area contributed by atoms with E-state index in [4.69, 9.17) is 9.15 Å². The zero-order valence-corrected chi connectivity index (χ0v) is 16.4. The van der Waals surface area contributed by atoms with Crippen molar-refractivity contribution in [1.82, 2.24) is 14.7 Å². The van der Waals surface area contributed by atoms with Crippen molar-refractivity contribution < 1.29 is 23.8 Å². The molecule has 8 heteroatoms. The Balaban J connectivity index is 1.40. The molecule has 1 aromatic carbocycles. The monoisotopic (exact) mass is 397 g/mol. The average Bonchev–Trinajstić information content (AvgIpc) is 3.31. The lowest BCUT2D eigenvalue weighted by molar-refractivity contribution is -0.131. The minimum Gasteiger partial charge on any atom is -0.497 e. The zero-order chi connectivity index (χ0) is 20.5. The van der Waals surface area contributed by atoms with Gasteiger partial charge in [0, 0.05) is 30.1 Å². The molecule has 0 aliphatic carbocycles. The van der Waals surface area contributed by atoms with E-state index in [1.165, 1.54) is 6.20 Å². The summed E-state index contributed by atoms with van der Waals surface area (Å²) in [6.07, 6.45) is 4.81. The molecule has 1 N–H and O–H groups in total. The number of benzene rings is 1. The van der Waals surface area contributed by atoms with Gasteiger partial charge in [0.1, 0.15) is 16.9 Å². The van der Waals surface area contributed by atoms with Gasteiger partial charge in [-0.1, -0.05) is 0 Å². The van der Waals surface area contributed by atoms with Crippen molar-refractivity contribution in [3.63, 3.8) is 0 Å². The maximum atomic E-state index is 12.8. The predicted molar refractivity (Wildman–Crippen MR) is 105 cm³/mol. The molecule has 1 amide bonds. The summed E-state index contributed by atoms with van der Waals surface area (Å²) >= 11 is 0. The second-order valence-corrected chi connectivity index (χ2v) is 7.31. The first kappa shape index (κ1) is 19.0. The Labute approximate surface area is 167 Å². The SMILES string of the molecule is COc1ccc2c(CC(=O)N3CCC(n4ncc(C(=O)O)c4C)CC3)coc2c1. The molecule has 4 rings (SSSR count). The molecule has 0 bridgehead atoms. The van der Waals surface area contributed by atoms with E-state index >= 15 is 0 Å². The third-order valence-corrected chi connectivity index (χ3v) is 5.64. The largest absolute Gasteiger partial charge is 0.497 e. The highest BCUT2D eigenvalue weighted by Gasteiger charge is 2.27. The minimum atomic E-state index is -0.966. The topological polar surface area (TPSA) is 97.8 Å². The van der Waals surface area contributed by atoms with Gasteiger partial charge in [-0.05, 0) is 31.9 Å². The average molecular weight is 397 g/mol. The molecular weight excluding hydrogens is 374 g/mol. The van der Waals surface area contributed by atoms with E-state index in [2.05, 4.69) is 5.10 Å². The Kier molecular flexibility index (Phi) is 5.00. The molecule has 0 radical (unpaired) electrons. The molecule has 1 fully saturated rings. The van der Waals surface area contributed by atoms with Gasteiger partial charge in [-0.2, -0.15) is 5.10 Å². The molecule has 1 saturated heterocycles. The number of aromatic carboxylic acids is 1. The van der Waals surface area contributed by atoms with E-state index in [0.29, 0.717) is 30.1 Å². The number of aromatic nitrogens is 2. The van der Waals surface area contributed by atoms with Crippen molar-refractivity contribution in [2.24, 2.45) is 0 Å². The highest BCUT2D eigenvalue weighted by molar-refractivity contribution is 5.89. The van der Waals surface area contributed by atoms with Gasteiger partial charge in [-0.25, -0.2) is 4.79 Å².